The van der Waals surface area contributed by atoms with Crippen LogP contribution in [0.1, 0.15) is 20.8 Å². The second kappa shape index (κ2) is 5.72. The van der Waals surface area contributed by atoms with Crippen molar-refractivity contribution in [1.82, 2.24) is 4.72 Å². The Labute approximate surface area is 109 Å². The van der Waals surface area contributed by atoms with Crippen LogP contribution in [-0.2, 0) is 4.74 Å². The third kappa shape index (κ3) is 5.05. The van der Waals surface area contributed by atoms with Crippen LogP contribution in [0.3, 0.4) is 0 Å². The summed E-state index contributed by atoms with van der Waals surface area (Å²) in [4.78, 5) is 22.0. The van der Waals surface area contributed by atoms with Crippen molar-refractivity contribution < 1.29 is 14.5 Å². The maximum atomic E-state index is 11.3. The number of carbonyl (C=O) groups is 1. The second-order valence-corrected chi connectivity index (χ2v) is 5.34. The molecule has 98 valence electrons. The molecule has 0 heterocycles. The molecule has 1 amide bonds. The summed E-state index contributed by atoms with van der Waals surface area (Å²) in [5, 5.41) is 10.4. The van der Waals surface area contributed by atoms with E-state index in [1.165, 1.54) is 12.1 Å². The lowest BCUT2D eigenvalue weighted by Gasteiger charge is -2.19. The first kappa shape index (κ1) is 14.3. The second-order valence-electron chi connectivity index (χ2n) is 4.46. The number of benzene rings is 1. The van der Waals surface area contributed by atoms with E-state index in [2.05, 4.69) is 4.72 Å². The van der Waals surface area contributed by atoms with Crippen molar-refractivity contribution >= 4 is 23.7 Å². The van der Waals surface area contributed by atoms with Crippen LogP contribution in [0.2, 0.25) is 0 Å². The Balaban J connectivity index is 2.49. The molecule has 0 aliphatic heterocycles. The normalized spacial score (nSPS) is 10.8. The van der Waals surface area contributed by atoms with E-state index in [1.54, 1.807) is 32.9 Å². The molecule has 0 saturated heterocycles. The summed E-state index contributed by atoms with van der Waals surface area (Å²) >= 11 is 1.04. The van der Waals surface area contributed by atoms with Gasteiger partial charge in [-0.3, -0.25) is 14.8 Å². The first-order chi connectivity index (χ1) is 8.28. The highest BCUT2D eigenvalue weighted by molar-refractivity contribution is 7.98. The average Bonchev–Trinajstić information content (AvgIpc) is 2.24. The Morgan fingerprint density at radius 2 is 1.89 bits per heavy atom. The number of nitrogens with zero attached hydrogens (tertiary/aromatic N) is 1. The molecule has 0 saturated carbocycles. The first-order valence-corrected chi connectivity index (χ1v) is 6.00. The molecule has 0 aliphatic carbocycles. The standard InChI is InChI=1S/C11H14N2O4S/c1-11(2,3)17-10(14)12-18-9-6-4-8(5-7-9)13(15)16/h4-7H,1-3H3,(H,12,14). The van der Waals surface area contributed by atoms with E-state index in [0.29, 0.717) is 4.90 Å². The zero-order valence-electron chi connectivity index (χ0n) is 10.3. The summed E-state index contributed by atoms with van der Waals surface area (Å²) in [6.07, 6.45) is -0.550. The quantitative estimate of drug-likeness (QED) is 0.518. The minimum absolute atomic E-state index is 0.0108. The minimum Gasteiger partial charge on any atom is -0.443 e. The average molecular weight is 270 g/mol. The number of ether oxygens (including phenoxy) is 1. The number of rotatable bonds is 3. The van der Waals surface area contributed by atoms with Crippen LogP contribution in [0.4, 0.5) is 10.5 Å². The van der Waals surface area contributed by atoms with Gasteiger partial charge < -0.3 is 4.74 Å². The first-order valence-electron chi connectivity index (χ1n) is 5.18. The lowest BCUT2D eigenvalue weighted by Crippen LogP contribution is -2.29. The van der Waals surface area contributed by atoms with Crippen molar-refractivity contribution in [3.05, 3.63) is 34.4 Å². The van der Waals surface area contributed by atoms with Crippen LogP contribution in [0.5, 0.6) is 0 Å². The number of carbonyl (C=O) groups excluding carboxylic acids is 1. The number of amides is 1. The van der Waals surface area contributed by atoms with Gasteiger partial charge in [-0.15, -0.1) is 0 Å². The van der Waals surface area contributed by atoms with Crippen molar-refractivity contribution in [3.8, 4) is 0 Å². The van der Waals surface area contributed by atoms with Crippen LogP contribution in [0.15, 0.2) is 29.2 Å². The highest BCUT2D eigenvalue weighted by atomic mass is 32.2. The van der Waals surface area contributed by atoms with Gasteiger partial charge in [-0.25, -0.2) is 4.79 Å². The van der Waals surface area contributed by atoms with Crippen molar-refractivity contribution in [3.63, 3.8) is 0 Å². The molecule has 0 atom stereocenters. The molecular weight excluding hydrogens is 256 g/mol. The van der Waals surface area contributed by atoms with E-state index in [4.69, 9.17) is 4.74 Å². The fourth-order valence-electron chi connectivity index (χ4n) is 1.04. The van der Waals surface area contributed by atoms with Gasteiger partial charge in [0.25, 0.3) is 5.69 Å². The maximum absolute atomic E-state index is 11.3. The van der Waals surface area contributed by atoms with E-state index in [-0.39, 0.29) is 5.69 Å². The van der Waals surface area contributed by atoms with Gasteiger partial charge in [-0.1, -0.05) is 0 Å². The minimum atomic E-state index is -0.555. The maximum Gasteiger partial charge on any atom is 0.418 e. The molecule has 0 unspecified atom stereocenters. The van der Waals surface area contributed by atoms with Crippen molar-refractivity contribution in [2.24, 2.45) is 0 Å². The van der Waals surface area contributed by atoms with Gasteiger partial charge in [0.15, 0.2) is 0 Å². The largest absolute Gasteiger partial charge is 0.443 e. The van der Waals surface area contributed by atoms with Gasteiger partial charge in [-0.2, -0.15) is 0 Å². The van der Waals surface area contributed by atoms with Crippen LogP contribution in [0.25, 0.3) is 0 Å². The summed E-state index contributed by atoms with van der Waals surface area (Å²) in [6, 6.07) is 5.86. The molecule has 1 aromatic rings. The predicted molar refractivity (Wildman–Crippen MR) is 68.3 cm³/mol. The smallest absolute Gasteiger partial charge is 0.418 e. The molecular formula is C11H14N2O4S. The summed E-state index contributed by atoms with van der Waals surface area (Å²) in [6.45, 7) is 5.30. The predicted octanol–water partition coefficient (Wildman–Crippen LogP) is 3.13. The van der Waals surface area contributed by atoms with Crippen molar-refractivity contribution in [2.75, 3.05) is 0 Å². The number of nitro benzene ring substituents is 1. The van der Waals surface area contributed by atoms with Gasteiger partial charge in [0.05, 0.1) is 4.92 Å². The van der Waals surface area contributed by atoms with Gasteiger partial charge in [-0.05, 0) is 44.9 Å². The Kier molecular flexibility index (Phi) is 4.55. The lowest BCUT2D eigenvalue weighted by molar-refractivity contribution is -0.384. The van der Waals surface area contributed by atoms with Gasteiger partial charge in [0.2, 0.25) is 0 Å². The SMILES string of the molecule is CC(C)(C)OC(=O)NSc1ccc([N+](=O)[O-])cc1. The van der Waals surface area contributed by atoms with E-state index in [9.17, 15) is 14.9 Å². The molecule has 0 fully saturated rings. The molecule has 1 aromatic carbocycles. The molecule has 0 radical (unpaired) electrons. The molecule has 0 aromatic heterocycles. The van der Waals surface area contributed by atoms with Crippen LogP contribution in [-0.4, -0.2) is 16.6 Å². The third-order valence-corrected chi connectivity index (χ3v) is 2.48. The molecule has 1 rings (SSSR count). The van der Waals surface area contributed by atoms with Gasteiger partial charge in [0, 0.05) is 17.0 Å². The zero-order chi connectivity index (χ0) is 13.8. The molecule has 7 heteroatoms. The van der Waals surface area contributed by atoms with E-state index in [1.807, 2.05) is 0 Å². The summed E-state index contributed by atoms with van der Waals surface area (Å²) < 4.78 is 7.53. The molecule has 18 heavy (non-hydrogen) atoms. The van der Waals surface area contributed by atoms with E-state index < -0.39 is 16.6 Å². The van der Waals surface area contributed by atoms with E-state index >= 15 is 0 Å². The number of non-ortho nitro benzene ring substituents is 1. The highest BCUT2D eigenvalue weighted by Gasteiger charge is 2.16. The highest BCUT2D eigenvalue weighted by Crippen LogP contribution is 2.19. The van der Waals surface area contributed by atoms with Crippen LogP contribution < -0.4 is 4.72 Å². The Bertz CT molecular complexity index is 439. The fraction of sp³-hybridized carbons (Fsp3) is 0.364. The summed E-state index contributed by atoms with van der Waals surface area (Å²) in [7, 11) is 0. The molecule has 0 aliphatic rings. The third-order valence-electron chi connectivity index (χ3n) is 1.70. The van der Waals surface area contributed by atoms with Gasteiger partial charge >= 0.3 is 6.09 Å². The molecule has 0 spiro atoms. The Morgan fingerprint density at radius 1 is 1.33 bits per heavy atom. The molecule has 1 N–H and O–H groups in total. The fourth-order valence-corrected chi connectivity index (χ4v) is 1.55. The van der Waals surface area contributed by atoms with Crippen LogP contribution in [0, 0.1) is 10.1 Å². The number of nitro groups is 1. The van der Waals surface area contributed by atoms with E-state index in [0.717, 1.165) is 11.9 Å². The lowest BCUT2D eigenvalue weighted by atomic mass is 10.2. The van der Waals surface area contributed by atoms with Crippen molar-refractivity contribution in [1.29, 1.82) is 0 Å². The Hall–Kier alpha value is -1.76. The zero-order valence-corrected chi connectivity index (χ0v) is 11.1. The summed E-state index contributed by atoms with van der Waals surface area (Å²) in [5.41, 5.74) is -0.545. The summed E-state index contributed by atoms with van der Waals surface area (Å²) in [5.74, 6) is 0. The number of hydrogen-bond acceptors (Lipinski definition) is 5. The number of hydrogen-bond donors (Lipinski definition) is 1. The van der Waals surface area contributed by atoms with Gasteiger partial charge in [0.1, 0.15) is 5.60 Å². The molecule has 6 nitrogen and oxygen atoms in total. The molecule has 0 bridgehead atoms. The topological polar surface area (TPSA) is 81.5 Å². The van der Waals surface area contributed by atoms with Crippen LogP contribution >= 0.6 is 11.9 Å². The monoisotopic (exact) mass is 270 g/mol. The Morgan fingerprint density at radius 3 is 2.33 bits per heavy atom. The number of nitrogens with one attached hydrogen (secondary N) is 1. The van der Waals surface area contributed by atoms with Crippen molar-refractivity contribution in [2.45, 2.75) is 31.3 Å².